The molecule has 1 N–H and O–H groups in total. The summed E-state index contributed by atoms with van der Waals surface area (Å²) in [4.78, 5) is 6.49. The Morgan fingerprint density at radius 3 is 2.84 bits per heavy atom. The van der Waals surface area contributed by atoms with Gasteiger partial charge in [0.15, 0.2) is 0 Å². The summed E-state index contributed by atoms with van der Waals surface area (Å²) in [6.45, 7) is 6.07. The summed E-state index contributed by atoms with van der Waals surface area (Å²) in [6.07, 6.45) is 0. The number of pyridine rings is 1. The molecule has 0 unspecified atom stereocenters. The van der Waals surface area contributed by atoms with E-state index in [1.54, 1.807) is 0 Å². The van der Waals surface area contributed by atoms with Gasteiger partial charge >= 0.3 is 6.01 Å². The Morgan fingerprint density at radius 2 is 2.16 bits per heavy atom. The summed E-state index contributed by atoms with van der Waals surface area (Å²) in [5.41, 5.74) is 2.00. The van der Waals surface area contributed by atoms with E-state index in [1.165, 1.54) is 0 Å². The first kappa shape index (κ1) is 13.5. The lowest BCUT2D eigenvalue weighted by Gasteiger charge is -2.17. The average molecular weight is 261 g/mol. The van der Waals surface area contributed by atoms with Crippen molar-refractivity contribution in [3.8, 4) is 0 Å². The van der Waals surface area contributed by atoms with Crippen molar-refractivity contribution in [1.29, 1.82) is 0 Å². The molecule has 19 heavy (non-hydrogen) atoms. The van der Waals surface area contributed by atoms with Crippen molar-refractivity contribution in [1.82, 2.24) is 20.5 Å². The lowest BCUT2D eigenvalue weighted by atomic mass is 10.3. The van der Waals surface area contributed by atoms with Gasteiger partial charge in [-0.25, -0.2) is 0 Å². The minimum Gasteiger partial charge on any atom is -0.407 e. The third-order valence-corrected chi connectivity index (χ3v) is 2.74. The number of aryl methyl sites for hydroxylation is 1. The maximum atomic E-state index is 5.59. The van der Waals surface area contributed by atoms with Gasteiger partial charge in [0.2, 0.25) is 5.89 Å². The third-order valence-electron chi connectivity index (χ3n) is 2.74. The van der Waals surface area contributed by atoms with E-state index < -0.39 is 0 Å². The maximum Gasteiger partial charge on any atom is 0.318 e. The van der Waals surface area contributed by atoms with Crippen molar-refractivity contribution >= 4 is 6.01 Å². The largest absolute Gasteiger partial charge is 0.407 e. The fourth-order valence-corrected chi connectivity index (χ4v) is 1.79. The molecule has 0 aromatic carbocycles. The molecule has 6 heteroatoms. The molecule has 6 nitrogen and oxygen atoms in total. The zero-order valence-electron chi connectivity index (χ0n) is 11.6. The zero-order valence-corrected chi connectivity index (χ0v) is 11.6. The molecule has 0 aliphatic heterocycles. The molecule has 0 aliphatic rings. The molecular weight excluding hydrogens is 242 g/mol. The Morgan fingerprint density at radius 1 is 1.32 bits per heavy atom. The number of rotatable bonds is 6. The molecule has 0 fully saturated rings. The minimum absolute atomic E-state index is 0.538. The summed E-state index contributed by atoms with van der Waals surface area (Å²) in [5, 5.41) is 11.0. The Labute approximate surface area is 112 Å². The average Bonchev–Trinajstić information content (AvgIpc) is 2.85. The van der Waals surface area contributed by atoms with Crippen molar-refractivity contribution in [3.63, 3.8) is 0 Å². The number of aromatic nitrogens is 3. The maximum absolute atomic E-state index is 5.59. The molecule has 0 atom stereocenters. The van der Waals surface area contributed by atoms with Crippen LogP contribution in [0.3, 0.4) is 0 Å². The van der Waals surface area contributed by atoms with E-state index in [0.29, 0.717) is 25.0 Å². The van der Waals surface area contributed by atoms with Crippen LogP contribution in [0.1, 0.15) is 24.2 Å². The van der Waals surface area contributed by atoms with Crippen molar-refractivity contribution < 1.29 is 4.42 Å². The van der Waals surface area contributed by atoms with Crippen molar-refractivity contribution in [2.24, 2.45) is 0 Å². The highest BCUT2D eigenvalue weighted by Crippen LogP contribution is 2.14. The third kappa shape index (κ3) is 3.51. The summed E-state index contributed by atoms with van der Waals surface area (Å²) in [6, 6.07) is 6.53. The summed E-state index contributed by atoms with van der Waals surface area (Å²) in [7, 11) is 1.85. The Kier molecular flexibility index (Phi) is 4.46. The van der Waals surface area contributed by atoms with E-state index >= 15 is 0 Å². The molecule has 0 saturated carbocycles. The summed E-state index contributed by atoms with van der Waals surface area (Å²) < 4.78 is 5.59. The van der Waals surface area contributed by atoms with Crippen LogP contribution >= 0.6 is 0 Å². The normalized spacial score (nSPS) is 10.7. The lowest BCUT2D eigenvalue weighted by molar-refractivity contribution is 0.470. The highest BCUT2D eigenvalue weighted by atomic mass is 16.4. The van der Waals surface area contributed by atoms with Gasteiger partial charge in [0.1, 0.15) is 0 Å². The summed E-state index contributed by atoms with van der Waals surface area (Å²) >= 11 is 0. The van der Waals surface area contributed by atoms with E-state index in [-0.39, 0.29) is 0 Å². The molecule has 2 rings (SSSR count). The van der Waals surface area contributed by atoms with Gasteiger partial charge < -0.3 is 14.6 Å². The SMILES string of the molecule is CCN(Cc1cccc(C)n1)c1nnc(CNC)o1. The van der Waals surface area contributed by atoms with Gasteiger partial charge in [-0.15, -0.1) is 5.10 Å². The van der Waals surface area contributed by atoms with Crippen LogP contribution in [-0.4, -0.2) is 28.8 Å². The number of hydrogen-bond donors (Lipinski definition) is 1. The second-order valence-corrected chi connectivity index (χ2v) is 4.29. The molecule has 0 bridgehead atoms. The van der Waals surface area contributed by atoms with Gasteiger partial charge in [-0.3, -0.25) is 4.98 Å². The first-order valence-corrected chi connectivity index (χ1v) is 6.37. The number of nitrogens with zero attached hydrogens (tertiary/aromatic N) is 4. The number of hydrogen-bond acceptors (Lipinski definition) is 6. The minimum atomic E-state index is 0.538. The first-order valence-electron chi connectivity index (χ1n) is 6.37. The standard InChI is InChI=1S/C13H19N5O/c1-4-18(9-11-7-5-6-10(2)15-11)13-17-16-12(19-13)8-14-3/h5-7,14H,4,8-9H2,1-3H3. The molecule has 0 spiro atoms. The van der Waals surface area contributed by atoms with Gasteiger partial charge in [0.25, 0.3) is 0 Å². The highest BCUT2D eigenvalue weighted by molar-refractivity contribution is 5.26. The van der Waals surface area contributed by atoms with Gasteiger partial charge in [-0.2, -0.15) is 0 Å². The fourth-order valence-electron chi connectivity index (χ4n) is 1.79. The van der Waals surface area contributed by atoms with Gasteiger partial charge in [0, 0.05) is 12.2 Å². The molecule has 0 radical (unpaired) electrons. The Balaban J connectivity index is 2.10. The molecule has 2 aromatic rings. The fraction of sp³-hybridized carbons (Fsp3) is 0.462. The molecule has 2 aromatic heterocycles. The van der Waals surface area contributed by atoms with Crippen molar-refractivity contribution in [2.75, 3.05) is 18.5 Å². The van der Waals surface area contributed by atoms with Crippen LogP contribution in [0.25, 0.3) is 0 Å². The lowest BCUT2D eigenvalue weighted by Crippen LogP contribution is -2.23. The quantitative estimate of drug-likeness (QED) is 0.850. The van der Waals surface area contributed by atoms with E-state index in [1.807, 2.05) is 37.1 Å². The predicted molar refractivity (Wildman–Crippen MR) is 72.8 cm³/mol. The van der Waals surface area contributed by atoms with Crippen LogP contribution in [0.2, 0.25) is 0 Å². The second-order valence-electron chi connectivity index (χ2n) is 4.29. The van der Waals surface area contributed by atoms with E-state index in [9.17, 15) is 0 Å². The highest BCUT2D eigenvalue weighted by Gasteiger charge is 2.13. The molecule has 2 heterocycles. The van der Waals surface area contributed by atoms with Gasteiger partial charge in [0.05, 0.1) is 18.8 Å². The molecule has 0 aliphatic carbocycles. The van der Waals surface area contributed by atoms with Crippen molar-refractivity contribution in [3.05, 3.63) is 35.5 Å². The van der Waals surface area contributed by atoms with Crippen LogP contribution in [-0.2, 0) is 13.1 Å². The Bertz CT molecular complexity index is 525. The van der Waals surface area contributed by atoms with Crippen LogP contribution < -0.4 is 10.2 Å². The zero-order chi connectivity index (χ0) is 13.7. The topological polar surface area (TPSA) is 67.1 Å². The van der Waals surface area contributed by atoms with E-state index in [2.05, 4.69) is 27.4 Å². The van der Waals surface area contributed by atoms with Crippen LogP contribution in [0.4, 0.5) is 6.01 Å². The van der Waals surface area contributed by atoms with Crippen LogP contribution in [0.5, 0.6) is 0 Å². The predicted octanol–water partition coefficient (Wildman–Crippen LogP) is 1.52. The van der Waals surface area contributed by atoms with Crippen molar-refractivity contribution in [2.45, 2.75) is 26.9 Å². The van der Waals surface area contributed by atoms with Gasteiger partial charge in [-0.1, -0.05) is 11.2 Å². The summed E-state index contributed by atoms with van der Waals surface area (Å²) in [5.74, 6) is 0.591. The number of anilines is 1. The second kappa shape index (κ2) is 6.29. The monoisotopic (exact) mass is 261 g/mol. The molecule has 102 valence electrons. The molecular formula is C13H19N5O. The van der Waals surface area contributed by atoms with E-state index in [4.69, 9.17) is 4.42 Å². The Hall–Kier alpha value is -1.95. The molecule has 0 amide bonds. The van der Waals surface area contributed by atoms with Gasteiger partial charge in [-0.05, 0) is 33.0 Å². The van der Waals surface area contributed by atoms with Crippen LogP contribution in [0, 0.1) is 6.92 Å². The smallest absolute Gasteiger partial charge is 0.318 e. The molecule has 0 saturated heterocycles. The number of nitrogens with one attached hydrogen (secondary N) is 1. The van der Waals surface area contributed by atoms with Crippen LogP contribution in [0.15, 0.2) is 22.6 Å². The first-order chi connectivity index (χ1) is 9.22. The van der Waals surface area contributed by atoms with E-state index in [0.717, 1.165) is 17.9 Å².